The molecular formula is C12H14N2O5S. The van der Waals surface area contributed by atoms with Crippen LogP contribution < -0.4 is 15.2 Å². The van der Waals surface area contributed by atoms with E-state index in [0.717, 1.165) is 6.26 Å². The second kappa shape index (κ2) is 5.04. The fraction of sp³-hybridized carbons (Fsp3) is 0.250. The van der Waals surface area contributed by atoms with Gasteiger partial charge in [-0.05, 0) is 12.1 Å². The van der Waals surface area contributed by atoms with Crippen LogP contribution in [-0.4, -0.2) is 34.0 Å². The van der Waals surface area contributed by atoms with Gasteiger partial charge in [0, 0.05) is 12.3 Å². The van der Waals surface area contributed by atoms with Crippen LogP contribution in [0.25, 0.3) is 11.3 Å². The zero-order chi connectivity index (χ0) is 14.9. The van der Waals surface area contributed by atoms with Crippen molar-refractivity contribution in [2.75, 3.05) is 26.2 Å². The van der Waals surface area contributed by atoms with Crippen LogP contribution >= 0.6 is 0 Å². The van der Waals surface area contributed by atoms with E-state index < -0.39 is 9.84 Å². The van der Waals surface area contributed by atoms with Gasteiger partial charge in [-0.1, -0.05) is 5.16 Å². The highest BCUT2D eigenvalue weighted by Crippen LogP contribution is 2.42. The number of methoxy groups -OCH3 is 2. The molecule has 0 aliphatic heterocycles. The summed E-state index contributed by atoms with van der Waals surface area (Å²) in [5.41, 5.74) is 6.01. The van der Waals surface area contributed by atoms with Crippen LogP contribution in [0.5, 0.6) is 11.5 Å². The number of nitrogens with two attached hydrogens (primary N) is 1. The van der Waals surface area contributed by atoms with Gasteiger partial charge in [-0.3, -0.25) is 0 Å². The lowest BCUT2D eigenvalue weighted by Crippen LogP contribution is -2.03. The Labute approximate surface area is 116 Å². The minimum absolute atomic E-state index is 0.0353. The summed E-state index contributed by atoms with van der Waals surface area (Å²) in [6.07, 6.45) is 1.09. The number of rotatable bonds is 4. The molecule has 1 heterocycles. The maximum Gasteiger partial charge on any atom is 0.180 e. The number of ether oxygens (including phenoxy) is 2. The topological polar surface area (TPSA) is 105 Å². The molecule has 0 radical (unpaired) electrons. The molecule has 20 heavy (non-hydrogen) atoms. The number of sulfone groups is 1. The van der Waals surface area contributed by atoms with Gasteiger partial charge in [0.2, 0.25) is 0 Å². The van der Waals surface area contributed by atoms with Crippen molar-refractivity contribution >= 4 is 15.7 Å². The summed E-state index contributed by atoms with van der Waals surface area (Å²) >= 11 is 0. The van der Waals surface area contributed by atoms with Crippen molar-refractivity contribution in [2.24, 2.45) is 0 Å². The zero-order valence-electron chi connectivity index (χ0n) is 11.2. The number of benzene rings is 1. The van der Waals surface area contributed by atoms with Crippen LogP contribution in [-0.2, 0) is 9.84 Å². The van der Waals surface area contributed by atoms with Crippen molar-refractivity contribution in [1.29, 1.82) is 0 Å². The normalized spacial score (nSPS) is 11.3. The highest BCUT2D eigenvalue weighted by molar-refractivity contribution is 7.90. The molecule has 1 aromatic heterocycles. The fourth-order valence-electron chi connectivity index (χ4n) is 1.84. The molecule has 7 nitrogen and oxygen atoms in total. The van der Waals surface area contributed by atoms with Crippen molar-refractivity contribution in [3.63, 3.8) is 0 Å². The molecule has 0 fully saturated rings. The molecule has 0 atom stereocenters. The first-order valence-corrected chi connectivity index (χ1v) is 7.45. The van der Waals surface area contributed by atoms with Crippen molar-refractivity contribution in [3.8, 4) is 22.8 Å². The molecule has 2 N–H and O–H groups in total. The standard InChI is InChI=1S/C12H14N2O5S/c1-17-11-7(8-6-10(13)14-19-8)4-5-9(12(11)18-2)20(3,15)16/h4-6H,1-3H3,(H2,13,14). The van der Waals surface area contributed by atoms with E-state index in [9.17, 15) is 8.42 Å². The van der Waals surface area contributed by atoms with Crippen LogP contribution in [0.3, 0.4) is 0 Å². The average molecular weight is 298 g/mol. The van der Waals surface area contributed by atoms with Gasteiger partial charge in [0.25, 0.3) is 0 Å². The number of hydrogen-bond acceptors (Lipinski definition) is 7. The van der Waals surface area contributed by atoms with Crippen molar-refractivity contribution in [3.05, 3.63) is 18.2 Å². The minimum atomic E-state index is -3.45. The first-order chi connectivity index (χ1) is 9.38. The first-order valence-electron chi connectivity index (χ1n) is 5.56. The molecule has 0 amide bonds. The zero-order valence-corrected chi connectivity index (χ0v) is 12.0. The number of nitrogen functional groups attached to an aromatic ring is 1. The van der Waals surface area contributed by atoms with Gasteiger partial charge < -0.3 is 19.7 Å². The maximum absolute atomic E-state index is 11.7. The van der Waals surface area contributed by atoms with Gasteiger partial charge in [-0.2, -0.15) is 0 Å². The lowest BCUT2D eigenvalue weighted by Gasteiger charge is -2.14. The Morgan fingerprint density at radius 2 is 1.85 bits per heavy atom. The number of hydrogen-bond donors (Lipinski definition) is 1. The van der Waals surface area contributed by atoms with E-state index in [1.165, 1.54) is 26.4 Å². The van der Waals surface area contributed by atoms with Crippen LogP contribution in [0.15, 0.2) is 27.6 Å². The predicted molar refractivity (Wildman–Crippen MR) is 72.6 cm³/mol. The summed E-state index contributed by atoms with van der Waals surface area (Å²) in [5, 5.41) is 3.58. The molecule has 0 spiro atoms. The summed E-state index contributed by atoms with van der Waals surface area (Å²) < 4.78 is 39.0. The lowest BCUT2D eigenvalue weighted by molar-refractivity contribution is 0.346. The Hall–Kier alpha value is -2.22. The molecule has 2 aromatic rings. The third-order valence-corrected chi connectivity index (χ3v) is 3.80. The summed E-state index contributed by atoms with van der Waals surface area (Å²) in [6, 6.07) is 4.49. The van der Waals surface area contributed by atoms with Crippen LogP contribution in [0.1, 0.15) is 0 Å². The van der Waals surface area contributed by atoms with E-state index >= 15 is 0 Å². The van der Waals surface area contributed by atoms with Gasteiger partial charge in [-0.25, -0.2) is 8.42 Å². The van der Waals surface area contributed by atoms with Crippen molar-refractivity contribution in [2.45, 2.75) is 4.90 Å². The Bertz CT molecular complexity index is 736. The predicted octanol–water partition coefficient (Wildman–Crippen LogP) is 1.34. The lowest BCUT2D eigenvalue weighted by atomic mass is 10.1. The molecule has 0 saturated heterocycles. The second-order valence-corrected chi connectivity index (χ2v) is 6.05. The Morgan fingerprint density at radius 3 is 2.30 bits per heavy atom. The highest BCUT2D eigenvalue weighted by Gasteiger charge is 2.23. The fourth-order valence-corrected chi connectivity index (χ4v) is 2.67. The van der Waals surface area contributed by atoms with E-state index in [4.69, 9.17) is 19.7 Å². The van der Waals surface area contributed by atoms with E-state index in [0.29, 0.717) is 11.3 Å². The van der Waals surface area contributed by atoms with E-state index in [1.807, 2.05) is 0 Å². The van der Waals surface area contributed by atoms with Gasteiger partial charge in [-0.15, -0.1) is 0 Å². The monoisotopic (exact) mass is 298 g/mol. The Balaban J connectivity index is 2.73. The molecular weight excluding hydrogens is 284 g/mol. The summed E-state index contributed by atoms with van der Waals surface area (Å²) in [6.45, 7) is 0. The smallest absolute Gasteiger partial charge is 0.180 e. The van der Waals surface area contributed by atoms with Gasteiger partial charge in [0.15, 0.2) is 32.9 Å². The van der Waals surface area contributed by atoms with E-state index in [1.54, 1.807) is 6.07 Å². The average Bonchev–Trinajstić information content (AvgIpc) is 2.82. The Morgan fingerprint density at radius 1 is 1.20 bits per heavy atom. The molecule has 0 aliphatic carbocycles. The molecule has 2 rings (SSSR count). The quantitative estimate of drug-likeness (QED) is 0.908. The van der Waals surface area contributed by atoms with Crippen LogP contribution in [0.4, 0.5) is 5.82 Å². The number of aromatic nitrogens is 1. The SMILES string of the molecule is COc1c(-c2cc(N)no2)ccc(S(C)(=O)=O)c1OC. The maximum atomic E-state index is 11.7. The van der Waals surface area contributed by atoms with Gasteiger partial charge >= 0.3 is 0 Å². The van der Waals surface area contributed by atoms with E-state index in [2.05, 4.69) is 5.16 Å². The number of nitrogens with zero attached hydrogens (tertiary/aromatic N) is 1. The molecule has 1 aromatic carbocycles. The second-order valence-electron chi connectivity index (χ2n) is 4.07. The molecule has 108 valence electrons. The summed E-state index contributed by atoms with van der Waals surface area (Å²) in [5.74, 6) is 0.931. The van der Waals surface area contributed by atoms with Crippen LogP contribution in [0, 0.1) is 0 Å². The molecule has 0 bridgehead atoms. The van der Waals surface area contributed by atoms with Crippen molar-refractivity contribution in [1.82, 2.24) is 5.16 Å². The molecule has 0 saturated carbocycles. The van der Waals surface area contributed by atoms with Gasteiger partial charge in [0.05, 0.1) is 19.8 Å². The summed E-state index contributed by atoms with van der Waals surface area (Å²) in [7, 11) is -0.672. The third kappa shape index (κ3) is 2.42. The van der Waals surface area contributed by atoms with Crippen molar-refractivity contribution < 1.29 is 22.4 Å². The Kier molecular flexibility index (Phi) is 3.58. The third-order valence-electron chi connectivity index (χ3n) is 2.68. The molecule has 0 aliphatic rings. The molecule has 8 heteroatoms. The number of anilines is 1. The largest absolute Gasteiger partial charge is 0.492 e. The van der Waals surface area contributed by atoms with Gasteiger partial charge in [0.1, 0.15) is 4.90 Å². The highest BCUT2D eigenvalue weighted by atomic mass is 32.2. The summed E-state index contributed by atoms with van der Waals surface area (Å²) in [4.78, 5) is 0.0353. The molecule has 0 unspecified atom stereocenters. The minimum Gasteiger partial charge on any atom is -0.492 e. The first kappa shape index (κ1) is 14.2. The van der Waals surface area contributed by atoms with Crippen LogP contribution in [0.2, 0.25) is 0 Å². The van der Waals surface area contributed by atoms with E-state index in [-0.39, 0.29) is 22.2 Å².